The van der Waals surface area contributed by atoms with Gasteiger partial charge < -0.3 is 4.90 Å². The molecule has 0 radical (unpaired) electrons. The minimum absolute atomic E-state index is 0.178. The third-order valence-electron chi connectivity index (χ3n) is 11.2. The molecule has 0 saturated heterocycles. The normalized spacial score (nSPS) is 13.0. The van der Waals surface area contributed by atoms with Gasteiger partial charge in [-0.05, 0) is 131 Å². The van der Waals surface area contributed by atoms with E-state index in [0.717, 1.165) is 17.1 Å². The maximum Gasteiger partial charge on any atom is 0.0468 e. The molecule has 1 aliphatic rings. The van der Waals surface area contributed by atoms with Gasteiger partial charge in [-0.2, -0.15) is 0 Å². The van der Waals surface area contributed by atoms with Crippen LogP contribution in [0.15, 0.2) is 188 Å². The fraction of sp³-hybridized carbons (Fsp3) is 0.0588. The van der Waals surface area contributed by atoms with E-state index in [1.165, 1.54) is 76.8 Å². The molecule has 246 valence electrons. The Morgan fingerprint density at radius 1 is 0.327 bits per heavy atom. The molecule has 0 atom stereocenters. The largest absolute Gasteiger partial charge is 0.310 e. The SMILES string of the molecule is CC1(C)c2cc(-c3cc4ccccc4c4ccccc34)ccc2-c2ccc(N(c3ccccc3)c3ccc4cc(-c5ccccc5)ccc4c3)cc21. The van der Waals surface area contributed by atoms with Gasteiger partial charge >= 0.3 is 0 Å². The van der Waals surface area contributed by atoms with Crippen LogP contribution in [0.3, 0.4) is 0 Å². The Balaban J connectivity index is 1.07. The standard InChI is InChI=1S/C51H37N/c1-51(2)49-32-39(48-31-38-15-9-10-18-43(38)44-19-11-12-20-45(44)48)24-27-46(49)47-28-26-42(33-50(47)51)52(40-16-7-4-8-17-40)41-25-23-36-29-35(21-22-37(36)30-41)34-13-5-3-6-14-34/h3-33H,1-2H3. The zero-order valence-corrected chi connectivity index (χ0v) is 29.3. The minimum Gasteiger partial charge on any atom is -0.310 e. The molecule has 1 heteroatoms. The van der Waals surface area contributed by atoms with Crippen molar-refractivity contribution >= 4 is 49.4 Å². The van der Waals surface area contributed by atoms with Gasteiger partial charge in [-0.1, -0.05) is 147 Å². The first-order chi connectivity index (χ1) is 25.5. The predicted molar refractivity (Wildman–Crippen MR) is 222 cm³/mol. The molecule has 0 spiro atoms. The Kier molecular flexibility index (Phi) is 6.91. The molecule has 0 N–H and O–H groups in total. The van der Waals surface area contributed by atoms with Crippen LogP contribution in [0.5, 0.6) is 0 Å². The van der Waals surface area contributed by atoms with Crippen LogP contribution >= 0.6 is 0 Å². The minimum atomic E-state index is -0.178. The van der Waals surface area contributed by atoms with Gasteiger partial charge in [0.1, 0.15) is 0 Å². The van der Waals surface area contributed by atoms with Crippen LogP contribution in [0.1, 0.15) is 25.0 Å². The molecule has 0 aromatic heterocycles. The van der Waals surface area contributed by atoms with Gasteiger partial charge in [-0.25, -0.2) is 0 Å². The van der Waals surface area contributed by atoms with Crippen LogP contribution in [0.25, 0.3) is 65.7 Å². The lowest BCUT2D eigenvalue weighted by Gasteiger charge is -2.28. The lowest BCUT2D eigenvalue weighted by atomic mass is 9.81. The summed E-state index contributed by atoms with van der Waals surface area (Å²) in [6, 6.07) is 69.1. The highest BCUT2D eigenvalue weighted by molar-refractivity contribution is 6.14. The summed E-state index contributed by atoms with van der Waals surface area (Å²) in [6.07, 6.45) is 0. The predicted octanol–water partition coefficient (Wildman–Crippen LogP) is 14.3. The second-order valence-electron chi connectivity index (χ2n) is 14.6. The number of para-hydroxylation sites is 1. The van der Waals surface area contributed by atoms with E-state index in [1.54, 1.807) is 0 Å². The van der Waals surface area contributed by atoms with Crippen LogP contribution < -0.4 is 4.90 Å². The zero-order valence-electron chi connectivity index (χ0n) is 29.3. The molecule has 1 aliphatic carbocycles. The second-order valence-corrected chi connectivity index (χ2v) is 14.6. The Morgan fingerprint density at radius 3 is 1.71 bits per heavy atom. The number of nitrogens with zero attached hydrogens (tertiary/aromatic N) is 1. The molecule has 0 aliphatic heterocycles. The maximum absolute atomic E-state index is 2.45. The summed E-state index contributed by atoms with van der Waals surface area (Å²) < 4.78 is 0. The van der Waals surface area contributed by atoms with Crippen molar-refractivity contribution in [2.45, 2.75) is 19.3 Å². The Labute approximate surface area is 305 Å². The Hall–Kier alpha value is -6.44. The van der Waals surface area contributed by atoms with Gasteiger partial charge in [0.25, 0.3) is 0 Å². The number of fused-ring (bicyclic) bond motifs is 7. The molecule has 0 fully saturated rings. The van der Waals surface area contributed by atoms with E-state index >= 15 is 0 Å². The van der Waals surface area contributed by atoms with Crippen molar-refractivity contribution in [1.82, 2.24) is 0 Å². The van der Waals surface area contributed by atoms with Crippen LogP contribution in [-0.4, -0.2) is 0 Å². The van der Waals surface area contributed by atoms with Crippen molar-refractivity contribution in [2.75, 3.05) is 4.90 Å². The summed E-state index contributed by atoms with van der Waals surface area (Å²) in [7, 11) is 0. The first-order valence-electron chi connectivity index (χ1n) is 18.2. The summed E-state index contributed by atoms with van der Waals surface area (Å²) in [5, 5.41) is 7.63. The average molecular weight is 664 g/mol. The van der Waals surface area contributed by atoms with Crippen molar-refractivity contribution in [3.63, 3.8) is 0 Å². The molecule has 9 aromatic carbocycles. The van der Waals surface area contributed by atoms with Crippen LogP contribution in [-0.2, 0) is 5.41 Å². The van der Waals surface area contributed by atoms with E-state index in [0.29, 0.717) is 0 Å². The third kappa shape index (κ3) is 4.85. The summed E-state index contributed by atoms with van der Waals surface area (Å²) in [5.74, 6) is 0. The van der Waals surface area contributed by atoms with Crippen LogP contribution in [0.4, 0.5) is 17.1 Å². The number of benzene rings is 9. The van der Waals surface area contributed by atoms with E-state index < -0.39 is 0 Å². The quantitative estimate of drug-likeness (QED) is 0.166. The molecular formula is C51H37N. The molecule has 1 nitrogen and oxygen atoms in total. The number of hydrogen-bond donors (Lipinski definition) is 0. The van der Waals surface area contributed by atoms with E-state index in [9.17, 15) is 0 Å². The highest BCUT2D eigenvalue weighted by Gasteiger charge is 2.36. The Bertz CT molecular complexity index is 2810. The Morgan fingerprint density at radius 2 is 0.904 bits per heavy atom. The molecule has 10 rings (SSSR count). The molecule has 0 heterocycles. The van der Waals surface area contributed by atoms with E-state index in [2.05, 4.69) is 207 Å². The molecule has 52 heavy (non-hydrogen) atoms. The van der Waals surface area contributed by atoms with Gasteiger partial charge in [0.15, 0.2) is 0 Å². The van der Waals surface area contributed by atoms with Crippen LogP contribution in [0.2, 0.25) is 0 Å². The molecule has 9 aromatic rings. The zero-order chi connectivity index (χ0) is 34.8. The van der Waals surface area contributed by atoms with Gasteiger partial charge in [0.2, 0.25) is 0 Å². The van der Waals surface area contributed by atoms with Gasteiger partial charge in [0.05, 0.1) is 0 Å². The molecule has 0 unspecified atom stereocenters. The number of rotatable bonds is 5. The lowest BCUT2D eigenvalue weighted by molar-refractivity contribution is 0.660. The summed E-state index contributed by atoms with van der Waals surface area (Å²) in [5.41, 5.74) is 13.7. The van der Waals surface area contributed by atoms with Crippen molar-refractivity contribution in [3.05, 3.63) is 199 Å². The summed E-state index contributed by atoms with van der Waals surface area (Å²) in [6.45, 7) is 4.77. The highest BCUT2D eigenvalue weighted by atomic mass is 15.1. The van der Waals surface area contributed by atoms with Crippen molar-refractivity contribution in [1.29, 1.82) is 0 Å². The third-order valence-corrected chi connectivity index (χ3v) is 11.2. The number of hydrogen-bond acceptors (Lipinski definition) is 1. The smallest absolute Gasteiger partial charge is 0.0468 e. The average Bonchev–Trinajstić information content (AvgIpc) is 3.43. The molecule has 0 amide bonds. The topological polar surface area (TPSA) is 3.24 Å². The fourth-order valence-electron chi connectivity index (χ4n) is 8.53. The van der Waals surface area contributed by atoms with E-state index in [1.807, 2.05) is 0 Å². The van der Waals surface area contributed by atoms with E-state index in [-0.39, 0.29) is 5.41 Å². The van der Waals surface area contributed by atoms with Gasteiger partial charge in [-0.15, -0.1) is 0 Å². The van der Waals surface area contributed by atoms with Crippen molar-refractivity contribution < 1.29 is 0 Å². The lowest BCUT2D eigenvalue weighted by Crippen LogP contribution is -2.16. The first kappa shape index (κ1) is 30.4. The van der Waals surface area contributed by atoms with Gasteiger partial charge in [-0.3, -0.25) is 0 Å². The monoisotopic (exact) mass is 663 g/mol. The van der Waals surface area contributed by atoms with Gasteiger partial charge in [0, 0.05) is 22.5 Å². The molecule has 0 bridgehead atoms. The van der Waals surface area contributed by atoms with Crippen LogP contribution in [0, 0.1) is 0 Å². The highest BCUT2D eigenvalue weighted by Crippen LogP contribution is 2.52. The van der Waals surface area contributed by atoms with Crippen molar-refractivity contribution in [2.24, 2.45) is 0 Å². The van der Waals surface area contributed by atoms with E-state index in [4.69, 9.17) is 0 Å². The molecular weight excluding hydrogens is 627 g/mol. The number of anilines is 3. The maximum atomic E-state index is 2.45. The fourth-order valence-corrected chi connectivity index (χ4v) is 8.53. The van der Waals surface area contributed by atoms with Crippen molar-refractivity contribution in [3.8, 4) is 33.4 Å². The first-order valence-corrected chi connectivity index (χ1v) is 18.2. The summed E-state index contributed by atoms with van der Waals surface area (Å²) >= 11 is 0. The second kappa shape index (κ2) is 11.8. The summed E-state index contributed by atoms with van der Waals surface area (Å²) in [4.78, 5) is 2.40. The molecule has 0 saturated carbocycles.